The van der Waals surface area contributed by atoms with Gasteiger partial charge in [-0.3, -0.25) is 0 Å². The second-order valence-corrected chi connectivity index (χ2v) is 2.38. The number of hydrogen-bond acceptors (Lipinski definition) is 2. The monoisotopic (exact) mass is 186 g/mol. The van der Waals surface area contributed by atoms with Crippen LogP contribution in [0, 0.1) is 0 Å². The predicted molar refractivity (Wildman–Crippen MR) is 49.2 cm³/mol. The summed E-state index contributed by atoms with van der Waals surface area (Å²) in [6.07, 6.45) is 3.96. The van der Waals surface area contributed by atoms with Gasteiger partial charge in [-0.05, 0) is 19.4 Å². The molecule has 10 heavy (non-hydrogen) atoms. The summed E-state index contributed by atoms with van der Waals surface area (Å²) in [7, 11) is 0. The number of nitrogens with two attached hydrogens (primary N) is 1. The highest BCUT2D eigenvalue weighted by atomic mass is 35.5. The van der Waals surface area contributed by atoms with Gasteiger partial charge in [-0.15, -0.1) is 24.8 Å². The molecule has 0 saturated carbocycles. The largest absolute Gasteiger partial charge is 0.329 e. The van der Waals surface area contributed by atoms with E-state index in [1.807, 2.05) is 0 Å². The third kappa shape index (κ3) is 4.34. The normalized spacial score (nSPS) is 24.3. The molecule has 64 valence electrons. The molecule has 1 aliphatic rings. The fourth-order valence-corrected chi connectivity index (χ4v) is 1.13. The van der Waals surface area contributed by atoms with Gasteiger partial charge in [-0.2, -0.15) is 0 Å². The Morgan fingerprint density at radius 1 is 1.30 bits per heavy atom. The lowest BCUT2D eigenvalue weighted by Crippen LogP contribution is -2.39. The molecule has 0 radical (unpaired) electrons. The Hall–Kier alpha value is 0.500. The van der Waals surface area contributed by atoms with Crippen molar-refractivity contribution in [2.24, 2.45) is 5.73 Å². The first-order valence-corrected chi connectivity index (χ1v) is 3.37. The minimum absolute atomic E-state index is 0. The number of hydrogen-bond donors (Lipinski definition) is 2. The number of nitrogens with one attached hydrogen (secondary N) is 1. The van der Waals surface area contributed by atoms with Crippen LogP contribution in [-0.2, 0) is 0 Å². The minimum Gasteiger partial charge on any atom is -0.329 e. The third-order valence-corrected chi connectivity index (χ3v) is 1.70. The van der Waals surface area contributed by atoms with Crippen LogP contribution in [0.15, 0.2) is 0 Å². The van der Waals surface area contributed by atoms with E-state index in [2.05, 4.69) is 5.32 Å². The van der Waals surface area contributed by atoms with E-state index >= 15 is 0 Å². The molecule has 1 unspecified atom stereocenters. The van der Waals surface area contributed by atoms with Crippen molar-refractivity contribution in [2.45, 2.75) is 25.3 Å². The van der Waals surface area contributed by atoms with Crippen LogP contribution in [0.3, 0.4) is 0 Å². The predicted octanol–water partition coefficient (Wildman–Crippen LogP) is 0.931. The smallest absolute Gasteiger partial charge is 0.0190 e. The van der Waals surface area contributed by atoms with Crippen LogP contribution >= 0.6 is 24.8 Å². The van der Waals surface area contributed by atoms with Gasteiger partial charge in [0, 0.05) is 12.6 Å². The maximum atomic E-state index is 5.44. The van der Waals surface area contributed by atoms with Crippen molar-refractivity contribution in [1.82, 2.24) is 5.32 Å². The molecule has 1 aliphatic heterocycles. The molecule has 1 atom stereocenters. The average molecular weight is 187 g/mol. The maximum Gasteiger partial charge on any atom is 0.0190 e. The first-order chi connectivity index (χ1) is 3.93. The highest BCUT2D eigenvalue weighted by Crippen LogP contribution is 2.04. The number of rotatable bonds is 1. The van der Waals surface area contributed by atoms with E-state index in [-0.39, 0.29) is 24.8 Å². The number of halogens is 2. The standard InChI is InChI=1S/C6H14N2.2ClH/c7-5-6-3-1-2-4-8-6;;/h6,8H,1-5,7H2;2*1H. The van der Waals surface area contributed by atoms with Crippen LogP contribution in [0.1, 0.15) is 19.3 Å². The highest BCUT2D eigenvalue weighted by molar-refractivity contribution is 5.85. The summed E-state index contributed by atoms with van der Waals surface area (Å²) in [4.78, 5) is 0. The van der Waals surface area contributed by atoms with Crippen molar-refractivity contribution in [2.75, 3.05) is 13.1 Å². The second-order valence-electron chi connectivity index (χ2n) is 2.38. The van der Waals surface area contributed by atoms with Crippen LogP contribution in [0.25, 0.3) is 0 Å². The Morgan fingerprint density at radius 3 is 2.30 bits per heavy atom. The summed E-state index contributed by atoms with van der Waals surface area (Å²) >= 11 is 0. The molecule has 0 spiro atoms. The second kappa shape index (κ2) is 7.61. The zero-order chi connectivity index (χ0) is 5.82. The van der Waals surface area contributed by atoms with E-state index in [0.717, 1.165) is 6.54 Å². The Balaban J connectivity index is 0. The Morgan fingerprint density at radius 2 is 2.00 bits per heavy atom. The highest BCUT2D eigenvalue weighted by Gasteiger charge is 2.08. The molecule has 0 aromatic heterocycles. The minimum atomic E-state index is 0. The molecule has 0 bridgehead atoms. The van der Waals surface area contributed by atoms with Crippen LogP contribution in [0.5, 0.6) is 0 Å². The van der Waals surface area contributed by atoms with E-state index in [9.17, 15) is 0 Å². The lowest BCUT2D eigenvalue weighted by molar-refractivity contribution is 0.407. The molecular formula is C6H16Cl2N2. The lowest BCUT2D eigenvalue weighted by Gasteiger charge is -2.21. The van der Waals surface area contributed by atoms with Crippen LogP contribution in [0.4, 0.5) is 0 Å². The fraction of sp³-hybridized carbons (Fsp3) is 1.00. The van der Waals surface area contributed by atoms with Crippen LogP contribution < -0.4 is 11.1 Å². The van der Waals surface area contributed by atoms with Crippen molar-refractivity contribution >= 4 is 24.8 Å². The molecule has 1 heterocycles. The zero-order valence-corrected chi connectivity index (χ0v) is 7.64. The van der Waals surface area contributed by atoms with E-state index in [4.69, 9.17) is 5.73 Å². The fourth-order valence-electron chi connectivity index (χ4n) is 1.13. The zero-order valence-electron chi connectivity index (χ0n) is 6.01. The van der Waals surface area contributed by atoms with Gasteiger partial charge in [0.15, 0.2) is 0 Å². The summed E-state index contributed by atoms with van der Waals surface area (Å²) in [6.45, 7) is 1.97. The van der Waals surface area contributed by atoms with Gasteiger partial charge in [0.1, 0.15) is 0 Å². The topological polar surface area (TPSA) is 38.0 Å². The molecular weight excluding hydrogens is 171 g/mol. The molecule has 4 heteroatoms. The van der Waals surface area contributed by atoms with Crippen molar-refractivity contribution in [1.29, 1.82) is 0 Å². The van der Waals surface area contributed by atoms with E-state index in [1.54, 1.807) is 0 Å². The Kier molecular flexibility index (Phi) is 9.97. The van der Waals surface area contributed by atoms with Crippen molar-refractivity contribution in [3.8, 4) is 0 Å². The van der Waals surface area contributed by atoms with Crippen molar-refractivity contribution in [3.63, 3.8) is 0 Å². The first kappa shape index (κ1) is 13.1. The Bertz CT molecular complexity index is 64.8. The molecule has 0 aliphatic carbocycles. The van der Waals surface area contributed by atoms with Crippen molar-refractivity contribution in [3.05, 3.63) is 0 Å². The quantitative estimate of drug-likeness (QED) is 0.640. The van der Waals surface area contributed by atoms with Crippen molar-refractivity contribution < 1.29 is 0 Å². The molecule has 0 amide bonds. The maximum absolute atomic E-state index is 5.44. The molecule has 1 fully saturated rings. The van der Waals surface area contributed by atoms with Gasteiger partial charge in [-0.1, -0.05) is 6.42 Å². The number of piperidine rings is 1. The van der Waals surface area contributed by atoms with Gasteiger partial charge in [-0.25, -0.2) is 0 Å². The molecule has 2 nitrogen and oxygen atoms in total. The van der Waals surface area contributed by atoms with Gasteiger partial charge in [0.2, 0.25) is 0 Å². The lowest BCUT2D eigenvalue weighted by atomic mass is 10.1. The van der Waals surface area contributed by atoms with Crippen LogP contribution in [0.2, 0.25) is 0 Å². The van der Waals surface area contributed by atoms with E-state index < -0.39 is 0 Å². The summed E-state index contributed by atoms with van der Waals surface area (Å²) in [6, 6.07) is 0.615. The van der Waals surface area contributed by atoms with Gasteiger partial charge >= 0.3 is 0 Å². The summed E-state index contributed by atoms with van der Waals surface area (Å²) in [5.41, 5.74) is 5.44. The van der Waals surface area contributed by atoms with Gasteiger partial charge in [0.25, 0.3) is 0 Å². The summed E-state index contributed by atoms with van der Waals surface area (Å²) in [5, 5.41) is 3.34. The van der Waals surface area contributed by atoms with Gasteiger partial charge < -0.3 is 11.1 Å². The average Bonchev–Trinajstić information content (AvgIpc) is 1.90. The third-order valence-electron chi connectivity index (χ3n) is 1.70. The van der Waals surface area contributed by atoms with Crippen LogP contribution in [-0.4, -0.2) is 19.1 Å². The van der Waals surface area contributed by atoms with E-state index in [1.165, 1.54) is 25.8 Å². The Labute approximate surface area is 74.8 Å². The van der Waals surface area contributed by atoms with Gasteiger partial charge in [0.05, 0.1) is 0 Å². The first-order valence-electron chi connectivity index (χ1n) is 3.37. The molecule has 0 aromatic rings. The van der Waals surface area contributed by atoms with E-state index in [0.29, 0.717) is 6.04 Å². The summed E-state index contributed by atoms with van der Waals surface area (Å²) in [5.74, 6) is 0. The molecule has 1 rings (SSSR count). The molecule has 1 saturated heterocycles. The molecule has 3 N–H and O–H groups in total. The summed E-state index contributed by atoms with van der Waals surface area (Å²) < 4.78 is 0. The molecule has 0 aromatic carbocycles. The SMILES string of the molecule is Cl.Cl.NCC1CCCCN1.